The topological polar surface area (TPSA) is 50.4 Å². The number of carbonyl (C=O) groups excluding carboxylic acids is 1. The lowest BCUT2D eigenvalue weighted by Crippen LogP contribution is -2.43. The summed E-state index contributed by atoms with van der Waals surface area (Å²) >= 11 is 0. The Kier molecular flexibility index (Phi) is 5.57. The van der Waals surface area contributed by atoms with Gasteiger partial charge in [0.1, 0.15) is 11.6 Å². The number of piperidine rings is 1. The Bertz CT molecular complexity index is 768. The van der Waals surface area contributed by atoms with Gasteiger partial charge in [-0.15, -0.1) is 0 Å². The summed E-state index contributed by atoms with van der Waals surface area (Å²) in [7, 11) is 1.60. The van der Waals surface area contributed by atoms with E-state index in [1.807, 2.05) is 24.3 Å². The average Bonchev–Trinajstić information content (AvgIpc) is 2.67. The molecule has 0 bridgehead atoms. The first-order valence-electron chi connectivity index (χ1n) is 8.94. The third kappa shape index (κ3) is 4.22. The van der Waals surface area contributed by atoms with Crippen LogP contribution in [0, 0.1) is 11.2 Å². The lowest BCUT2D eigenvalue weighted by atomic mass is 9.81. The summed E-state index contributed by atoms with van der Waals surface area (Å²) in [4.78, 5) is 12.4. The smallest absolute Gasteiger partial charge is 0.254 e. The molecule has 1 amide bonds. The predicted molar refractivity (Wildman–Crippen MR) is 101 cm³/mol. The standard InChI is InChI=1S/C21H25FN2O2/c1-21(9-11-23-12-10-21)14-24-20(25)18-8-5-16(13-19(18)22)15-3-6-17(26-2)7-4-15/h3-8,13,23H,9-12,14H2,1-2H3,(H,24,25). The molecule has 1 fully saturated rings. The molecule has 3 rings (SSSR count). The molecular weight excluding hydrogens is 331 g/mol. The van der Waals surface area contributed by atoms with Crippen LogP contribution in [0.1, 0.15) is 30.1 Å². The fraction of sp³-hybridized carbons (Fsp3) is 0.381. The maximum absolute atomic E-state index is 14.5. The van der Waals surface area contributed by atoms with Gasteiger partial charge >= 0.3 is 0 Å². The van der Waals surface area contributed by atoms with E-state index in [0.29, 0.717) is 6.54 Å². The highest BCUT2D eigenvalue weighted by Gasteiger charge is 2.27. The molecule has 2 N–H and O–H groups in total. The highest BCUT2D eigenvalue weighted by atomic mass is 19.1. The zero-order valence-corrected chi connectivity index (χ0v) is 15.3. The van der Waals surface area contributed by atoms with Gasteiger partial charge in [-0.3, -0.25) is 4.79 Å². The second kappa shape index (κ2) is 7.87. The van der Waals surface area contributed by atoms with Crippen molar-refractivity contribution in [3.63, 3.8) is 0 Å². The minimum Gasteiger partial charge on any atom is -0.497 e. The van der Waals surface area contributed by atoms with Gasteiger partial charge in [0.25, 0.3) is 5.91 Å². The Morgan fingerprint density at radius 3 is 2.42 bits per heavy atom. The Balaban J connectivity index is 1.69. The lowest BCUT2D eigenvalue weighted by Gasteiger charge is -2.34. The van der Waals surface area contributed by atoms with Crippen molar-refractivity contribution in [1.29, 1.82) is 0 Å². The van der Waals surface area contributed by atoms with Crippen molar-refractivity contribution in [1.82, 2.24) is 10.6 Å². The van der Waals surface area contributed by atoms with E-state index in [0.717, 1.165) is 42.8 Å². The van der Waals surface area contributed by atoms with Crippen LogP contribution in [0.2, 0.25) is 0 Å². The van der Waals surface area contributed by atoms with Crippen LogP contribution in [0.15, 0.2) is 42.5 Å². The van der Waals surface area contributed by atoms with Crippen molar-refractivity contribution < 1.29 is 13.9 Å². The van der Waals surface area contributed by atoms with Gasteiger partial charge in [0.2, 0.25) is 0 Å². The van der Waals surface area contributed by atoms with Crippen LogP contribution in [-0.4, -0.2) is 32.7 Å². The summed E-state index contributed by atoms with van der Waals surface area (Å²) in [6.07, 6.45) is 2.01. The largest absolute Gasteiger partial charge is 0.497 e. The van der Waals surface area contributed by atoms with Crippen LogP contribution in [0.25, 0.3) is 11.1 Å². The number of benzene rings is 2. The first-order valence-corrected chi connectivity index (χ1v) is 8.94. The fourth-order valence-corrected chi connectivity index (χ4v) is 3.26. The van der Waals surface area contributed by atoms with E-state index in [1.54, 1.807) is 19.2 Å². The molecule has 0 aromatic heterocycles. The molecule has 2 aromatic rings. The molecule has 0 saturated carbocycles. The van der Waals surface area contributed by atoms with Gasteiger partial charge < -0.3 is 15.4 Å². The Morgan fingerprint density at radius 2 is 1.81 bits per heavy atom. The van der Waals surface area contributed by atoms with E-state index < -0.39 is 5.82 Å². The van der Waals surface area contributed by atoms with Crippen LogP contribution in [-0.2, 0) is 0 Å². The molecule has 5 heteroatoms. The maximum atomic E-state index is 14.5. The van der Waals surface area contributed by atoms with Crippen molar-refractivity contribution in [3.05, 3.63) is 53.8 Å². The van der Waals surface area contributed by atoms with E-state index in [1.165, 1.54) is 6.07 Å². The molecule has 1 saturated heterocycles. The second-order valence-corrected chi connectivity index (χ2v) is 7.17. The van der Waals surface area contributed by atoms with Gasteiger partial charge in [-0.1, -0.05) is 25.1 Å². The fourth-order valence-electron chi connectivity index (χ4n) is 3.26. The average molecular weight is 356 g/mol. The van der Waals surface area contributed by atoms with Crippen LogP contribution in [0.4, 0.5) is 4.39 Å². The molecular formula is C21H25FN2O2. The Morgan fingerprint density at radius 1 is 1.15 bits per heavy atom. The summed E-state index contributed by atoms with van der Waals surface area (Å²) < 4.78 is 19.6. The molecule has 1 heterocycles. The van der Waals surface area contributed by atoms with Crippen molar-refractivity contribution in [2.75, 3.05) is 26.7 Å². The third-order valence-corrected chi connectivity index (χ3v) is 5.12. The quantitative estimate of drug-likeness (QED) is 0.860. The minimum atomic E-state index is -0.508. The summed E-state index contributed by atoms with van der Waals surface area (Å²) in [5.74, 6) is -0.119. The number of carbonyl (C=O) groups is 1. The molecule has 1 aliphatic rings. The van der Waals surface area contributed by atoms with Gasteiger partial charge in [0.05, 0.1) is 12.7 Å². The van der Waals surface area contributed by atoms with Crippen molar-refractivity contribution in [3.8, 4) is 16.9 Å². The zero-order chi connectivity index (χ0) is 18.6. The van der Waals surface area contributed by atoms with Gasteiger partial charge in [0.15, 0.2) is 0 Å². The van der Waals surface area contributed by atoms with E-state index in [-0.39, 0.29) is 16.9 Å². The number of rotatable bonds is 5. The highest BCUT2D eigenvalue weighted by molar-refractivity contribution is 5.95. The van der Waals surface area contributed by atoms with Crippen LogP contribution in [0.3, 0.4) is 0 Å². The summed E-state index contributed by atoms with van der Waals surface area (Å²) in [5, 5.41) is 6.22. The van der Waals surface area contributed by atoms with Crippen molar-refractivity contribution in [2.45, 2.75) is 19.8 Å². The number of ether oxygens (including phenoxy) is 1. The molecule has 0 unspecified atom stereocenters. The first-order chi connectivity index (χ1) is 12.5. The third-order valence-electron chi connectivity index (χ3n) is 5.12. The summed E-state index contributed by atoms with van der Waals surface area (Å²) in [5.41, 5.74) is 1.76. The Hall–Kier alpha value is -2.40. The molecule has 0 spiro atoms. The first kappa shape index (κ1) is 18.4. The molecule has 0 radical (unpaired) electrons. The SMILES string of the molecule is COc1ccc(-c2ccc(C(=O)NCC3(C)CCNCC3)c(F)c2)cc1. The van der Waals surface area contributed by atoms with Gasteiger partial charge in [-0.05, 0) is 66.7 Å². The van der Waals surface area contributed by atoms with E-state index in [2.05, 4.69) is 17.6 Å². The van der Waals surface area contributed by atoms with E-state index in [4.69, 9.17) is 4.74 Å². The molecule has 0 atom stereocenters. The van der Waals surface area contributed by atoms with Gasteiger partial charge in [-0.2, -0.15) is 0 Å². The number of hydrogen-bond acceptors (Lipinski definition) is 3. The molecule has 2 aromatic carbocycles. The van der Waals surface area contributed by atoms with Crippen LogP contribution < -0.4 is 15.4 Å². The minimum absolute atomic E-state index is 0.0699. The highest BCUT2D eigenvalue weighted by Crippen LogP contribution is 2.27. The maximum Gasteiger partial charge on any atom is 0.254 e. The number of halogens is 1. The number of nitrogens with one attached hydrogen (secondary N) is 2. The molecule has 0 aliphatic carbocycles. The van der Waals surface area contributed by atoms with E-state index in [9.17, 15) is 9.18 Å². The predicted octanol–water partition coefficient (Wildman–Crippen LogP) is 3.62. The zero-order valence-electron chi connectivity index (χ0n) is 15.3. The van der Waals surface area contributed by atoms with Gasteiger partial charge in [0, 0.05) is 6.54 Å². The number of amides is 1. The van der Waals surface area contributed by atoms with Crippen molar-refractivity contribution >= 4 is 5.91 Å². The number of hydrogen-bond donors (Lipinski definition) is 2. The molecule has 138 valence electrons. The van der Waals surface area contributed by atoms with Gasteiger partial charge in [-0.25, -0.2) is 4.39 Å². The summed E-state index contributed by atoms with van der Waals surface area (Å²) in [6.45, 7) is 4.64. The van der Waals surface area contributed by atoms with Crippen molar-refractivity contribution in [2.24, 2.45) is 5.41 Å². The summed E-state index contributed by atoms with van der Waals surface area (Å²) in [6, 6.07) is 12.1. The second-order valence-electron chi connectivity index (χ2n) is 7.17. The number of methoxy groups -OCH3 is 1. The molecule has 26 heavy (non-hydrogen) atoms. The van der Waals surface area contributed by atoms with Crippen LogP contribution >= 0.6 is 0 Å². The molecule has 4 nitrogen and oxygen atoms in total. The Labute approximate surface area is 153 Å². The van der Waals surface area contributed by atoms with E-state index >= 15 is 0 Å². The molecule has 1 aliphatic heterocycles. The lowest BCUT2D eigenvalue weighted by molar-refractivity contribution is 0.0918. The monoisotopic (exact) mass is 356 g/mol. The van der Waals surface area contributed by atoms with Crippen LogP contribution in [0.5, 0.6) is 5.75 Å². The normalized spacial score (nSPS) is 16.1.